The van der Waals surface area contributed by atoms with Gasteiger partial charge >= 0.3 is 0 Å². The zero-order valence-electron chi connectivity index (χ0n) is 14.7. The van der Waals surface area contributed by atoms with Gasteiger partial charge in [0.05, 0.1) is 0 Å². The minimum atomic E-state index is -0.729. The average Bonchev–Trinajstić information content (AvgIpc) is 3.09. The van der Waals surface area contributed by atoms with Crippen molar-refractivity contribution in [1.29, 1.82) is 0 Å². The van der Waals surface area contributed by atoms with Crippen LogP contribution in [-0.2, 0) is 6.54 Å². The van der Waals surface area contributed by atoms with Crippen LogP contribution < -0.4 is 5.32 Å². The lowest BCUT2D eigenvalue weighted by Gasteiger charge is -2.08. The van der Waals surface area contributed by atoms with Gasteiger partial charge in [-0.1, -0.05) is 17.7 Å². The molecule has 0 radical (unpaired) electrons. The number of halogens is 4. The van der Waals surface area contributed by atoms with Gasteiger partial charge in [-0.2, -0.15) is 0 Å². The summed E-state index contributed by atoms with van der Waals surface area (Å²) in [6, 6.07) is 9.99. The Bertz CT molecular complexity index is 1220. The zero-order valence-corrected chi connectivity index (χ0v) is 15.4. The lowest BCUT2D eigenvalue weighted by molar-refractivity contribution is 0.0951. The first-order valence-corrected chi connectivity index (χ1v) is 8.82. The van der Waals surface area contributed by atoms with Crippen LogP contribution in [0.2, 0.25) is 5.02 Å². The van der Waals surface area contributed by atoms with Crippen molar-refractivity contribution in [3.63, 3.8) is 0 Å². The van der Waals surface area contributed by atoms with Crippen LogP contribution in [-0.4, -0.2) is 20.5 Å². The fraction of sp³-hybridized carbons (Fsp3) is 0.0500. The molecule has 4 rings (SSSR count). The van der Waals surface area contributed by atoms with Crippen LogP contribution in [0.1, 0.15) is 15.9 Å². The molecule has 0 atom stereocenters. The molecule has 2 aromatic heterocycles. The maximum atomic E-state index is 13.5. The summed E-state index contributed by atoms with van der Waals surface area (Å²) >= 11 is 5.95. The van der Waals surface area contributed by atoms with Crippen molar-refractivity contribution in [2.75, 3.05) is 0 Å². The van der Waals surface area contributed by atoms with E-state index in [1.807, 2.05) is 0 Å². The number of benzene rings is 2. The van der Waals surface area contributed by atoms with Crippen LogP contribution in [0.5, 0.6) is 0 Å². The molecular formula is C20H12ClF3N4O. The van der Waals surface area contributed by atoms with Gasteiger partial charge in [0.15, 0.2) is 11.5 Å². The number of carbonyl (C=O) groups is 1. The van der Waals surface area contributed by atoms with Crippen LogP contribution >= 0.6 is 11.6 Å². The third-order valence-electron chi connectivity index (χ3n) is 4.25. The standard InChI is InChI=1S/C20H12ClF3N4O/c21-17-9-14(22)2-1-12(17)10-25-20(29)11-3-4-28-18(7-11)26-27-19(28)13-5-15(23)8-16(24)6-13/h1-9H,10H2,(H,25,29). The van der Waals surface area contributed by atoms with Crippen LogP contribution in [0.4, 0.5) is 13.2 Å². The van der Waals surface area contributed by atoms with E-state index in [0.29, 0.717) is 16.8 Å². The smallest absolute Gasteiger partial charge is 0.251 e. The van der Waals surface area contributed by atoms with Crippen LogP contribution in [0, 0.1) is 17.5 Å². The zero-order chi connectivity index (χ0) is 20.5. The van der Waals surface area contributed by atoms with Gasteiger partial charge in [-0.05, 0) is 42.0 Å². The maximum absolute atomic E-state index is 13.5. The number of amides is 1. The summed E-state index contributed by atoms with van der Waals surface area (Å²) in [4.78, 5) is 12.4. The summed E-state index contributed by atoms with van der Waals surface area (Å²) in [7, 11) is 0. The Morgan fingerprint density at radius 3 is 2.45 bits per heavy atom. The van der Waals surface area contributed by atoms with Gasteiger partial charge in [0.2, 0.25) is 0 Å². The first kappa shape index (κ1) is 18.9. The second-order valence-electron chi connectivity index (χ2n) is 6.24. The van der Waals surface area contributed by atoms with Crippen LogP contribution in [0.25, 0.3) is 17.0 Å². The number of nitrogens with one attached hydrogen (secondary N) is 1. The molecule has 2 heterocycles. The number of pyridine rings is 1. The van der Waals surface area contributed by atoms with E-state index in [9.17, 15) is 18.0 Å². The molecule has 0 aliphatic carbocycles. The molecule has 0 saturated carbocycles. The Morgan fingerprint density at radius 1 is 0.966 bits per heavy atom. The minimum Gasteiger partial charge on any atom is -0.348 e. The third kappa shape index (κ3) is 3.93. The lowest BCUT2D eigenvalue weighted by atomic mass is 10.2. The lowest BCUT2D eigenvalue weighted by Crippen LogP contribution is -2.23. The molecule has 146 valence electrons. The van der Waals surface area contributed by atoms with E-state index in [1.54, 1.807) is 0 Å². The molecule has 0 unspecified atom stereocenters. The minimum absolute atomic E-state index is 0.115. The van der Waals surface area contributed by atoms with Gasteiger partial charge < -0.3 is 5.32 Å². The molecule has 4 aromatic rings. The second kappa shape index (κ2) is 7.56. The van der Waals surface area contributed by atoms with Crippen molar-refractivity contribution in [2.24, 2.45) is 0 Å². The number of hydrogen-bond acceptors (Lipinski definition) is 3. The first-order valence-electron chi connectivity index (χ1n) is 8.44. The van der Waals surface area contributed by atoms with Gasteiger partial charge in [0.1, 0.15) is 17.5 Å². The number of fused-ring (bicyclic) bond motifs is 1. The molecule has 29 heavy (non-hydrogen) atoms. The molecule has 0 fully saturated rings. The van der Waals surface area contributed by atoms with Crippen molar-refractivity contribution in [1.82, 2.24) is 19.9 Å². The molecule has 2 aromatic carbocycles. The second-order valence-corrected chi connectivity index (χ2v) is 6.65. The van der Waals surface area contributed by atoms with E-state index in [2.05, 4.69) is 15.5 Å². The Hall–Kier alpha value is -3.39. The Balaban J connectivity index is 1.57. The molecule has 1 N–H and O–H groups in total. The van der Waals surface area contributed by atoms with Gasteiger partial charge in [-0.3, -0.25) is 9.20 Å². The third-order valence-corrected chi connectivity index (χ3v) is 4.60. The van der Waals surface area contributed by atoms with Gasteiger partial charge in [0.25, 0.3) is 5.91 Å². The molecule has 0 spiro atoms. The predicted octanol–water partition coefficient (Wildman–Crippen LogP) is 4.40. The molecule has 0 aliphatic heterocycles. The Kier molecular flexibility index (Phi) is 4.94. The van der Waals surface area contributed by atoms with E-state index in [0.717, 1.165) is 18.2 Å². The number of nitrogens with zero attached hydrogens (tertiary/aromatic N) is 3. The summed E-state index contributed by atoms with van der Waals surface area (Å²) in [5, 5.41) is 10.8. The fourth-order valence-corrected chi connectivity index (χ4v) is 3.09. The van der Waals surface area contributed by atoms with Gasteiger partial charge in [-0.15, -0.1) is 10.2 Å². The van der Waals surface area contributed by atoms with Crippen molar-refractivity contribution in [3.8, 4) is 11.4 Å². The quantitative estimate of drug-likeness (QED) is 0.536. The van der Waals surface area contributed by atoms with E-state index in [-0.39, 0.29) is 23.0 Å². The molecule has 1 amide bonds. The van der Waals surface area contributed by atoms with Crippen molar-refractivity contribution in [3.05, 3.63) is 88.3 Å². The van der Waals surface area contributed by atoms with Crippen molar-refractivity contribution in [2.45, 2.75) is 6.54 Å². The molecule has 0 bridgehead atoms. The fourth-order valence-electron chi connectivity index (χ4n) is 2.85. The molecule has 0 saturated heterocycles. The van der Waals surface area contributed by atoms with Gasteiger partial charge in [0, 0.05) is 35.0 Å². The summed E-state index contributed by atoms with van der Waals surface area (Å²) < 4.78 is 41.6. The summed E-state index contributed by atoms with van der Waals surface area (Å²) in [6.45, 7) is 0.115. The number of aromatic nitrogens is 3. The van der Waals surface area contributed by atoms with E-state index in [1.165, 1.54) is 40.9 Å². The number of hydrogen-bond donors (Lipinski definition) is 1. The Labute approximate surface area is 167 Å². The molecule has 9 heteroatoms. The van der Waals surface area contributed by atoms with Crippen LogP contribution in [0.15, 0.2) is 54.7 Å². The topological polar surface area (TPSA) is 59.3 Å². The van der Waals surface area contributed by atoms with Crippen molar-refractivity contribution >= 4 is 23.2 Å². The van der Waals surface area contributed by atoms with E-state index in [4.69, 9.17) is 11.6 Å². The average molecular weight is 417 g/mol. The largest absolute Gasteiger partial charge is 0.348 e. The normalized spacial score (nSPS) is 11.0. The number of rotatable bonds is 4. The molecule has 0 aliphatic rings. The Morgan fingerprint density at radius 2 is 1.72 bits per heavy atom. The monoisotopic (exact) mass is 416 g/mol. The summed E-state index contributed by atoms with van der Waals surface area (Å²) in [5.74, 6) is -2.08. The van der Waals surface area contributed by atoms with Crippen molar-refractivity contribution < 1.29 is 18.0 Å². The summed E-state index contributed by atoms with van der Waals surface area (Å²) in [5.41, 5.74) is 1.43. The van der Waals surface area contributed by atoms with Crippen LogP contribution in [0.3, 0.4) is 0 Å². The number of carbonyl (C=O) groups excluding carboxylic acids is 1. The predicted molar refractivity (Wildman–Crippen MR) is 101 cm³/mol. The molecule has 5 nitrogen and oxygen atoms in total. The van der Waals surface area contributed by atoms with E-state index < -0.39 is 23.4 Å². The van der Waals surface area contributed by atoms with Gasteiger partial charge in [-0.25, -0.2) is 13.2 Å². The highest BCUT2D eigenvalue weighted by atomic mass is 35.5. The highest BCUT2D eigenvalue weighted by Crippen LogP contribution is 2.21. The first-order chi connectivity index (χ1) is 13.9. The highest BCUT2D eigenvalue weighted by Gasteiger charge is 2.14. The summed E-state index contributed by atoms with van der Waals surface area (Å²) in [6.07, 6.45) is 1.53. The SMILES string of the molecule is O=C(NCc1ccc(F)cc1Cl)c1ccn2c(-c3cc(F)cc(F)c3)nnc2c1. The molecular weight excluding hydrogens is 405 g/mol. The maximum Gasteiger partial charge on any atom is 0.251 e. The highest BCUT2D eigenvalue weighted by molar-refractivity contribution is 6.31. The van der Waals surface area contributed by atoms with E-state index >= 15 is 0 Å².